The first-order valence-corrected chi connectivity index (χ1v) is 6.57. The molecule has 1 aromatic carbocycles. The van der Waals surface area contributed by atoms with E-state index in [9.17, 15) is 5.11 Å². The van der Waals surface area contributed by atoms with Gasteiger partial charge in [0.1, 0.15) is 5.75 Å². The van der Waals surface area contributed by atoms with Gasteiger partial charge in [-0.05, 0) is 32.4 Å². The molecule has 1 heterocycles. The van der Waals surface area contributed by atoms with E-state index in [4.69, 9.17) is 4.74 Å². The van der Waals surface area contributed by atoms with Crippen LogP contribution >= 0.6 is 0 Å². The number of H-pyrrole nitrogens is 1. The summed E-state index contributed by atoms with van der Waals surface area (Å²) in [5.41, 5.74) is 3.47. The van der Waals surface area contributed by atoms with Crippen LogP contribution < -0.4 is 4.74 Å². The van der Waals surface area contributed by atoms with Crippen LogP contribution in [0.1, 0.15) is 31.5 Å². The maximum Gasteiger partial charge on any atom is 0.120 e. The first-order valence-electron chi connectivity index (χ1n) is 6.57. The molecule has 0 bridgehead atoms. The minimum Gasteiger partial charge on any atom is -0.491 e. The minimum atomic E-state index is -0.0197. The van der Waals surface area contributed by atoms with Crippen molar-refractivity contribution >= 4 is 0 Å². The lowest BCUT2D eigenvalue weighted by Gasteiger charge is -2.13. The largest absolute Gasteiger partial charge is 0.491 e. The minimum absolute atomic E-state index is 0.0197. The highest BCUT2D eigenvalue weighted by Gasteiger charge is 2.12. The molecule has 1 atom stereocenters. The quantitative estimate of drug-likeness (QED) is 0.868. The van der Waals surface area contributed by atoms with Gasteiger partial charge in [0.15, 0.2) is 0 Å². The molecule has 0 fully saturated rings. The number of rotatable bonds is 5. The summed E-state index contributed by atoms with van der Waals surface area (Å²) in [5, 5.41) is 16.6. The number of nitrogens with zero attached hydrogens (tertiary/aromatic N) is 1. The molecular weight excluding hydrogens is 240 g/mol. The van der Waals surface area contributed by atoms with Crippen molar-refractivity contribution in [2.24, 2.45) is 0 Å². The second kappa shape index (κ2) is 5.89. The highest BCUT2D eigenvalue weighted by Crippen LogP contribution is 2.27. The SMILES string of the molecule is CCC(C)Oc1cccc(-c2n[nH]c(C)c2CO)c1. The van der Waals surface area contributed by atoms with Gasteiger partial charge in [-0.3, -0.25) is 5.10 Å². The lowest BCUT2D eigenvalue weighted by Crippen LogP contribution is -2.09. The summed E-state index contributed by atoms with van der Waals surface area (Å²) in [5.74, 6) is 0.830. The molecule has 102 valence electrons. The topological polar surface area (TPSA) is 58.1 Å². The van der Waals surface area contributed by atoms with E-state index in [1.807, 2.05) is 38.1 Å². The van der Waals surface area contributed by atoms with Crippen molar-refractivity contribution in [3.63, 3.8) is 0 Å². The molecule has 0 saturated heterocycles. The summed E-state index contributed by atoms with van der Waals surface area (Å²) in [6, 6.07) is 7.81. The number of aromatic amines is 1. The Bertz CT molecular complexity index is 549. The molecule has 4 heteroatoms. The van der Waals surface area contributed by atoms with E-state index in [0.29, 0.717) is 0 Å². The lowest BCUT2D eigenvalue weighted by molar-refractivity contribution is 0.217. The molecule has 0 saturated carbocycles. The third-order valence-electron chi connectivity index (χ3n) is 3.25. The second-order valence-corrected chi connectivity index (χ2v) is 4.70. The van der Waals surface area contributed by atoms with E-state index in [2.05, 4.69) is 17.1 Å². The smallest absolute Gasteiger partial charge is 0.120 e. The van der Waals surface area contributed by atoms with Crippen LogP contribution in [0.3, 0.4) is 0 Å². The maximum absolute atomic E-state index is 9.41. The van der Waals surface area contributed by atoms with Gasteiger partial charge in [0.05, 0.1) is 18.4 Å². The van der Waals surface area contributed by atoms with Crippen molar-refractivity contribution in [1.29, 1.82) is 0 Å². The summed E-state index contributed by atoms with van der Waals surface area (Å²) >= 11 is 0. The molecule has 1 unspecified atom stereocenters. The molecule has 0 amide bonds. The van der Waals surface area contributed by atoms with Gasteiger partial charge < -0.3 is 9.84 Å². The monoisotopic (exact) mass is 260 g/mol. The van der Waals surface area contributed by atoms with Crippen molar-refractivity contribution in [2.45, 2.75) is 39.9 Å². The van der Waals surface area contributed by atoms with Gasteiger partial charge in [-0.1, -0.05) is 19.1 Å². The summed E-state index contributed by atoms with van der Waals surface area (Å²) in [6.07, 6.45) is 1.15. The highest BCUT2D eigenvalue weighted by molar-refractivity contribution is 5.65. The molecular formula is C15H20N2O2. The molecule has 0 aliphatic heterocycles. The number of nitrogens with one attached hydrogen (secondary N) is 1. The number of aliphatic hydroxyl groups excluding tert-OH is 1. The molecule has 0 aliphatic carbocycles. The van der Waals surface area contributed by atoms with Crippen LogP contribution in [-0.4, -0.2) is 21.4 Å². The zero-order chi connectivity index (χ0) is 13.8. The fourth-order valence-corrected chi connectivity index (χ4v) is 1.92. The van der Waals surface area contributed by atoms with Crippen molar-refractivity contribution in [3.05, 3.63) is 35.5 Å². The van der Waals surface area contributed by atoms with E-state index in [1.54, 1.807) is 0 Å². The van der Waals surface area contributed by atoms with Gasteiger partial charge in [0.2, 0.25) is 0 Å². The molecule has 2 aromatic rings. The summed E-state index contributed by atoms with van der Waals surface area (Å²) in [6.45, 7) is 6.02. The molecule has 1 aromatic heterocycles. The van der Waals surface area contributed by atoms with Crippen LogP contribution in [0.25, 0.3) is 11.3 Å². The number of aliphatic hydroxyl groups is 1. The fourth-order valence-electron chi connectivity index (χ4n) is 1.92. The molecule has 2 rings (SSSR count). The third kappa shape index (κ3) is 2.96. The normalized spacial score (nSPS) is 12.4. The Morgan fingerprint density at radius 1 is 1.42 bits per heavy atom. The zero-order valence-corrected chi connectivity index (χ0v) is 11.6. The van der Waals surface area contributed by atoms with E-state index < -0.39 is 0 Å². The van der Waals surface area contributed by atoms with Crippen molar-refractivity contribution in [2.75, 3.05) is 0 Å². The van der Waals surface area contributed by atoms with Crippen LogP contribution in [0, 0.1) is 6.92 Å². The van der Waals surface area contributed by atoms with Crippen LogP contribution in [0.2, 0.25) is 0 Å². The van der Waals surface area contributed by atoms with Gasteiger partial charge >= 0.3 is 0 Å². The molecule has 2 N–H and O–H groups in total. The Labute approximate surface area is 113 Å². The number of hydrogen-bond donors (Lipinski definition) is 2. The Balaban J connectivity index is 2.32. The van der Waals surface area contributed by atoms with Gasteiger partial charge in [-0.15, -0.1) is 0 Å². The van der Waals surface area contributed by atoms with E-state index >= 15 is 0 Å². The average Bonchev–Trinajstić information content (AvgIpc) is 2.80. The van der Waals surface area contributed by atoms with E-state index in [1.165, 1.54) is 0 Å². The van der Waals surface area contributed by atoms with Crippen molar-refractivity contribution in [3.8, 4) is 17.0 Å². The maximum atomic E-state index is 9.41. The lowest BCUT2D eigenvalue weighted by atomic mass is 10.1. The van der Waals surface area contributed by atoms with Crippen molar-refractivity contribution < 1.29 is 9.84 Å². The fraction of sp³-hybridized carbons (Fsp3) is 0.400. The molecule has 4 nitrogen and oxygen atoms in total. The third-order valence-corrected chi connectivity index (χ3v) is 3.25. The first kappa shape index (κ1) is 13.6. The number of benzene rings is 1. The van der Waals surface area contributed by atoms with E-state index in [-0.39, 0.29) is 12.7 Å². The molecule has 0 spiro atoms. The Morgan fingerprint density at radius 2 is 2.21 bits per heavy atom. The van der Waals surface area contributed by atoms with Crippen molar-refractivity contribution in [1.82, 2.24) is 10.2 Å². The van der Waals surface area contributed by atoms with Crippen LogP contribution in [0.4, 0.5) is 0 Å². The van der Waals surface area contributed by atoms with Gasteiger partial charge in [-0.25, -0.2) is 0 Å². The van der Waals surface area contributed by atoms with Crippen LogP contribution in [0.15, 0.2) is 24.3 Å². The Kier molecular flexibility index (Phi) is 4.22. The zero-order valence-electron chi connectivity index (χ0n) is 11.6. The molecule has 0 aliphatic rings. The summed E-state index contributed by atoms with van der Waals surface area (Å²) < 4.78 is 5.81. The summed E-state index contributed by atoms with van der Waals surface area (Å²) in [4.78, 5) is 0. The van der Waals surface area contributed by atoms with Gasteiger partial charge in [0, 0.05) is 16.8 Å². The number of aromatic nitrogens is 2. The predicted octanol–water partition coefficient (Wildman–Crippen LogP) is 3.05. The Hall–Kier alpha value is -1.81. The number of aryl methyl sites for hydroxylation is 1. The van der Waals surface area contributed by atoms with E-state index in [0.717, 1.165) is 34.7 Å². The number of ether oxygens (including phenoxy) is 1. The predicted molar refractivity (Wildman–Crippen MR) is 75.1 cm³/mol. The van der Waals surface area contributed by atoms with Gasteiger partial charge in [0.25, 0.3) is 0 Å². The first-order chi connectivity index (χ1) is 9.15. The van der Waals surface area contributed by atoms with Crippen LogP contribution in [0.5, 0.6) is 5.75 Å². The number of hydrogen-bond acceptors (Lipinski definition) is 3. The average molecular weight is 260 g/mol. The standard InChI is InChI=1S/C15H20N2O2/c1-4-10(2)19-13-7-5-6-12(8-13)15-14(9-18)11(3)16-17-15/h5-8,10,18H,4,9H2,1-3H3,(H,16,17). The van der Waals surface area contributed by atoms with Gasteiger partial charge in [-0.2, -0.15) is 5.10 Å². The second-order valence-electron chi connectivity index (χ2n) is 4.70. The molecule has 19 heavy (non-hydrogen) atoms. The van der Waals surface area contributed by atoms with Crippen LogP contribution in [-0.2, 0) is 6.61 Å². The molecule has 0 radical (unpaired) electrons. The summed E-state index contributed by atoms with van der Waals surface area (Å²) in [7, 11) is 0. The Morgan fingerprint density at radius 3 is 2.89 bits per heavy atom. The highest BCUT2D eigenvalue weighted by atomic mass is 16.5.